The molecule has 24 heavy (non-hydrogen) atoms. The summed E-state index contributed by atoms with van der Waals surface area (Å²) >= 11 is 0. The Bertz CT molecular complexity index is 834. The first-order chi connectivity index (χ1) is 11.5. The van der Waals surface area contributed by atoms with Crippen molar-refractivity contribution in [2.75, 3.05) is 31.1 Å². The van der Waals surface area contributed by atoms with Crippen LogP contribution < -0.4 is 0 Å². The van der Waals surface area contributed by atoms with Crippen LogP contribution >= 0.6 is 10.0 Å². The van der Waals surface area contributed by atoms with Gasteiger partial charge in [-0.1, -0.05) is 0 Å². The van der Waals surface area contributed by atoms with Gasteiger partial charge in [-0.25, -0.2) is 19.7 Å². The Balaban J connectivity index is 1.83. The normalized spacial score (nSPS) is 12.6. The number of ether oxygens (including phenoxy) is 1. The van der Waals surface area contributed by atoms with E-state index in [-0.39, 0.29) is 0 Å². The molecule has 128 valence electrons. The molecule has 0 bridgehead atoms. The van der Waals surface area contributed by atoms with Crippen LogP contribution in [-0.4, -0.2) is 56.7 Å². The van der Waals surface area contributed by atoms with Gasteiger partial charge in [0.15, 0.2) is 6.29 Å². The van der Waals surface area contributed by atoms with Crippen LogP contribution in [0, 0.1) is 0 Å². The number of hydrogen-bond acceptors (Lipinski definition) is 4. The van der Waals surface area contributed by atoms with Crippen LogP contribution in [-0.2, 0) is 11.5 Å². The average molecular weight is 346 g/mol. The van der Waals surface area contributed by atoms with E-state index in [1.54, 1.807) is 17.2 Å². The first-order valence-corrected chi connectivity index (χ1v) is 10.7. The highest BCUT2D eigenvalue weighted by atomic mass is 32.3. The Morgan fingerprint density at radius 3 is 2.79 bits per heavy atom. The quantitative estimate of drug-likeness (QED) is 0.487. The Morgan fingerprint density at radius 1 is 1.29 bits per heavy atom. The van der Waals surface area contributed by atoms with E-state index in [1.165, 1.54) is 0 Å². The molecule has 0 amide bonds. The molecule has 0 atom stereocenters. The Hall–Kier alpha value is -2.12. The van der Waals surface area contributed by atoms with E-state index in [4.69, 9.17) is 4.74 Å². The third kappa shape index (κ3) is 3.68. The van der Waals surface area contributed by atoms with Gasteiger partial charge < -0.3 is 9.30 Å². The second kappa shape index (κ2) is 6.78. The second-order valence-electron chi connectivity index (χ2n) is 6.51. The summed E-state index contributed by atoms with van der Waals surface area (Å²) in [5, 5.41) is 4.19. The second-order valence-corrected chi connectivity index (χ2v) is 11.1. The van der Waals surface area contributed by atoms with E-state index in [0.29, 0.717) is 12.3 Å². The topological polar surface area (TPSA) is 61.9 Å². The molecule has 0 spiro atoms. The molecule has 0 N–H and O–H groups in total. The number of nitrogens with zero attached hydrogens (tertiary/aromatic N) is 4. The summed E-state index contributed by atoms with van der Waals surface area (Å²) in [6.07, 6.45) is 12.9. The van der Waals surface area contributed by atoms with Crippen LogP contribution in [0.1, 0.15) is 10.4 Å². The van der Waals surface area contributed by atoms with Gasteiger partial charge in [-0.2, -0.15) is 5.10 Å². The lowest BCUT2D eigenvalue weighted by Gasteiger charge is -2.24. The van der Waals surface area contributed by atoms with Gasteiger partial charge in [0.25, 0.3) is 0 Å². The maximum Gasteiger partial charge on any atom is 0.152 e. The molecule has 0 radical (unpaired) electrons. The number of imidazole rings is 1. The molecule has 6 nitrogen and oxygen atoms in total. The number of fused-ring (bicyclic) bond motifs is 1. The molecule has 3 aromatic rings. The fourth-order valence-electron chi connectivity index (χ4n) is 2.39. The van der Waals surface area contributed by atoms with Crippen molar-refractivity contribution < 1.29 is 9.53 Å². The molecule has 2 heterocycles. The molecule has 0 fully saturated rings. The minimum Gasteiger partial charge on any atom is -0.360 e. The van der Waals surface area contributed by atoms with E-state index in [9.17, 15) is 4.79 Å². The number of rotatable bonds is 7. The SMILES string of the molecule is CS(C)(C)CCOCn1cnc2cc(-n3cccn3)c(C=O)cc21. The lowest BCUT2D eigenvalue weighted by Crippen LogP contribution is -2.09. The first-order valence-electron chi connectivity index (χ1n) is 7.66. The van der Waals surface area contributed by atoms with Gasteiger partial charge in [0.05, 0.1) is 29.7 Å². The fourth-order valence-corrected chi connectivity index (χ4v) is 3.01. The summed E-state index contributed by atoms with van der Waals surface area (Å²) < 4.78 is 9.37. The Kier molecular flexibility index (Phi) is 4.73. The van der Waals surface area contributed by atoms with Gasteiger partial charge >= 0.3 is 0 Å². The van der Waals surface area contributed by atoms with Crippen LogP contribution in [0.2, 0.25) is 0 Å². The molecule has 1 aromatic carbocycles. The highest BCUT2D eigenvalue weighted by Crippen LogP contribution is 2.33. The third-order valence-electron chi connectivity index (χ3n) is 3.72. The molecule has 0 saturated heterocycles. The van der Waals surface area contributed by atoms with Gasteiger partial charge in [0, 0.05) is 23.7 Å². The molecule has 0 unspecified atom stereocenters. The summed E-state index contributed by atoms with van der Waals surface area (Å²) in [6, 6.07) is 5.54. The number of aldehydes is 1. The molecule has 0 aliphatic carbocycles. The van der Waals surface area contributed by atoms with E-state index in [2.05, 4.69) is 28.8 Å². The maximum absolute atomic E-state index is 11.5. The molecule has 0 aliphatic rings. The summed E-state index contributed by atoms with van der Waals surface area (Å²) in [5.74, 6) is 1.07. The molecule has 7 heteroatoms. The zero-order chi connectivity index (χ0) is 17.2. The van der Waals surface area contributed by atoms with Crippen LogP contribution in [0.5, 0.6) is 0 Å². The van der Waals surface area contributed by atoms with Crippen LogP contribution in [0.25, 0.3) is 16.7 Å². The van der Waals surface area contributed by atoms with Gasteiger partial charge in [0.1, 0.15) is 6.73 Å². The molecule has 2 aromatic heterocycles. The number of aromatic nitrogens is 4. The molecular weight excluding hydrogens is 324 g/mol. The van der Waals surface area contributed by atoms with Gasteiger partial charge in [0.2, 0.25) is 0 Å². The predicted octanol–water partition coefficient (Wildman–Crippen LogP) is 2.70. The zero-order valence-electron chi connectivity index (χ0n) is 14.2. The first kappa shape index (κ1) is 16.7. The fraction of sp³-hybridized carbons (Fsp3) is 0.353. The summed E-state index contributed by atoms with van der Waals surface area (Å²) in [4.78, 5) is 15.9. The maximum atomic E-state index is 11.5. The smallest absolute Gasteiger partial charge is 0.152 e. The molecule has 0 aliphatic heterocycles. The highest BCUT2D eigenvalue weighted by Gasteiger charge is 2.11. The van der Waals surface area contributed by atoms with E-state index in [0.717, 1.165) is 35.4 Å². The highest BCUT2D eigenvalue weighted by molar-refractivity contribution is 8.32. The summed E-state index contributed by atoms with van der Waals surface area (Å²) in [5.41, 5.74) is 3.00. The van der Waals surface area contributed by atoms with Crippen molar-refractivity contribution in [2.24, 2.45) is 0 Å². The minimum absolute atomic E-state index is 0.436. The van der Waals surface area contributed by atoms with Crippen molar-refractivity contribution in [1.29, 1.82) is 0 Å². The summed E-state index contributed by atoms with van der Waals surface area (Å²) in [7, 11) is -0.555. The van der Waals surface area contributed by atoms with Gasteiger partial charge in [-0.05, 0) is 37.0 Å². The van der Waals surface area contributed by atoms with Crippen molar-refractivity contribution in [2.45, 2.75) is 6.73 Å². The summed E-state index contributed by atoms with van der Waals surface area (Å²) in [6.45, 7) is 1.16. The van der Waals surface area contributed by atoms with Crippen molar-refractivity contribution in [3.05, 3.63) is 42.5 Å². The lowest BCUT2D eigenvalue weighted by atomic mass is 10.1. The number of carbonyl (C=O) groups is 1. The van der Waals surface area contributed by atoms with E-state index < -0.39 is 10.0 Å². The zero-order valence-corrected chi connectivity index (χ0v) is 15.0. The number of hydrogen-bond donors (Lipinski definition) is 0. The van der Waals surface area contributed by atoms with Crippen LogP contribution in [0.3, 0.4) is 0 Å². The number of carbonyl (C=O) groups excluding carboxylic acids is 1. The minimum atomic E-state index is -0.555. The standard InChI is InChI=1S/C17H22N4O2S/c1-24(2,3)8-7-23-13-20-12-18-15-10-16(21-6-4-5-19-21)14(11-22)9-17(15)20/h4-6,9-12H,7-8,13H2,1-3H3. The monoisotopic (exact) mass is 346 g/mol. The van der Waals surface area contributed by atoms with Crippen molar-refractivity contribution in [1.82, 2.24) is 19.3 Å². The van der Waals surface area contributed by atoms with Crippen molar-refractivity contribution in [3.8, 4) is 5.69 Å². The van der Waals surface area contributed by atoms with Crippen molar-refractivity contribution >= 4 is 27.3 Å². The van der Waals surface area contributed by atoms with Crippen molar-refractivity contribution in [3.63, 3.8) is 0 Å². The Labute approximate surface area is 142 Å². The van der Waals surface area contributed by atoms with Gasteiger partial charge in [-0.15, -0.1) is 0 Å². The molecule has 3 rings (SSSR count). The predicted molar refractivity (Wildman–Crippen MR) is 98.4 cm³/mol. The van der Waals surface area contributed by atoms with Crippen LogP contribution in [0.4, 0.5) is 0 Å². The number of benzene rings is 1. The largest absolute Gasteiger partial charge is 0.360 e. The van der Waals surface area contributed by atoms with Gasteiger partial charge in [-0.3, -0.25) is 4.79 Å². The lowest BCUT2D eigenvalue weighted by molar-refractivity contribution is 0.0923. The van der Waals surface area contributed by atoms with E-state index >= 15 is 0 Å². The molecular formula is C17H22N4O2S. The van der Waals surface area contributed by atoms with Crippen LogP contribution in [0.15, 0.2) is 36.9 Å². The molecule has 0 saturated carbocycles. The average Bonchev–Trinajstić information content (AvgIpc) is 3.19. The third-order valence-corrected chi connectivity index (χ3v) is 5.11. The van der Waals surface area contributed by atoms with E-state index in [1.807, 2.05) is 29.0 Å². The Morgan fingerprint density at radius 2 is 2.12 bits per heavy atom.